The summed E-state index contributed by atoms with van der Waals surface area (Å²) in [5.41, 5.74) is -4.63. The van der Waals surface area contributed by atoms with E-state index in [0.29, 0.717) is 17.8 Å². The van der Waals surface area contributed by atoms with E-state index in [1.807, 2.05) is 0 Å². The van der Waals surface area contributed by atoms with Crippen molar-refractivity contribution in [2.75, 3.05) is 11.5 Å². The van der Waals surface area contributed by atoms with Crippen LogP contribution < -0.4 is 5.32 Å². The van der Waals surface area contributed by atoms with Crippen molar-refractivity contribution in [2.24, 2.45) is 5.16 Å². The third-order valence-electron chi connectivity index (χ3n) is 5.69. The molecule has 0 spiro atoms. The number of amides is 1. The number of aromatic nitrogens is 1. The average Bonchev–Trinajstić information content (AvgIpc) is 3.34. The van der Waals surface area contributed by atoms with E-state index in [4.69, 9.17) is 4.84 Å². The number of hydrogen-bond donors (Lipinski definition) is 2. The summed E-state index contributed by atoms with van der Waals surface area (Å²) < 4.78 is 103. The predicted octanol–water partition coefficient (Wildman–Crippen LogP) is 3.45. The molecule has 7 nitrogen and oxygen atoms in total. The SMILES string of the molecule is Cc1cc(C2=NOC(c3c[nH]c(C(F)(F)F)c3)(C(F)(F)F)C2)ccc1C(=O)NC1CS(=O)(=O)C1. The molecule has 2 N–H and O–H groups in total. The van der Waals surface area contributed by atoms with Crippen LogP contribution in [0, 0.1) is 6.92 Å². The van der Waals surface area contributed by atoms with Gasteiger partial charge in [0.25, 0.3) is 11.5 Å². The van der Waals surface area contributed by atoms with Gasteiger partial charge < -0.3 is 15.1 Å². The Morgan fingerprint density at radius 3 is 2.38 bits per heavy atom. The monoisotopic (exact) mass is 509 g/mol. The Balaban J connectivity index is 1.56. The first-order valence-corrected chi connectivity index (χ1v) is 11.6. The summed E-state index contributed by atoms with van der Waals surface area (Å²) in [5, 5.41) is 6.08. The standard InChI is InChI=1S/C20H17F6N3O4S/c1-10-4-11(2-3-14(10)17(30)28-13-8-34(31,32)9-13)15-6-18(33-29-15,20(24,25)26)12-5-16(27-7-12)19(21,22)23/h2-5,7,13,27H,6,8-9H2,1H3,(H,28,30). The van der Waals surface area contributed by atoms with Crippen LogP contribution in [0.3, 0.4) is 0 Å². The lowest BCUT2D eigenvalue weighted by atomic mass is 9.87. The lowest BCUT2D eigenvalue weighted by Gasteiger charge is -2.28. The average molecular weight is 509 g/mol. The smallest absolute Gasteiger partial charge is 0.374 e. The first kappa shape index (κ1) is 24.1. The molecule has 2 aliphatic heterocycles. The van der Waals surface area contributed by atoms with Gasteiger partial charge in [-0.15, -0.1) is 0 Å². The minimum atomic E-state index is -5.08. The van der Waals surface area contributed by atoms with Crippen LogP contribution in [0.4, 0.5) is 26.3 Å². The fraction of sp³-hybridized carbons (Fsp3) is 0.400. The summed E-state index contributed by atoms with van der Waals surface area (Å²) >= 11 is 0. The van der Waals surface area contributed by atoms with E-state index in [-0.39, 0.29) is 28.3 Å². The Bertz CT molecular complexity index is 1270. The summed E-state index contributed by atoms with van der Waals surface area (Å²) in [6.07, 6.45) is -10.2. The van der Waals surface area contributed by atoms with Crippen molar-refractivity contribution >= 4 is 21.5 Å². The molecule has 34 heavy (non-hydrogen) atoms. The number of rotatable bonds is 4. The lowest BCUT2D eigenvalue weighted by molar-refractivity contribution is -0.275. The van der Waals surface area contributed by atoms with Crippen molar-refractivity contribution in [1.82, 2.24) is 10.3 Å². The molecule has 1 atom stereocenters. The lowest BCUT2D eigenvalue weighted by Crippen LogP contribution is -2.53. The maximum absolute atomic E-state index is 14.0. The van der Waals surface area contributed by atoms with Gasteiger partial charge in [0.2, 0.25) is 0 Å². The van der Waals surface area contributed by atoms with Crippen LogP contribution in [0.25, 0.3) is 0 Å². The summed E-state index contributed by atoms with van der Waals surface area (Å²) in [5.74, 6) is -0.873. The van der Waals surface area contributed by atoms with E-state index in [0.717, 1.165) is 0 Å². The number of alkyl halides is 6. The number of oxime groups is 1. The number of carbonyl (C=O) groups is 1. The van der Waals surface area contributed by atoms with Crippen LogP contribution in [0.5, 0.6) is 0 Å². The summed E-state index contributed by atoms with van der Waals surface area (Å²) in [6.45, 7) is 1.53. The quantitative estimate of drug-likeness (QED) is 0.617. The van der Waals surface area contributed by atoms with Gasteiger partial charge >= 0.3 is 12.4 Å². The van der Waals surface area contributed by atoms with Crippen molar-refractivity contribution in [3.8, 4) is 0 Å². The Morgan fingerprint density at radius 2 is 1.85 bits per heavy atom. The Labute approximate surface area is 189 Å². The zero-order chi connectivity index (χ0) is 25.1. The summed E-state index contributed by atoms with van der Waals surface area (Å²) in [6, 6.07) is 3.91. The third-order valence-corrected chi connectivity index (χ3v) is 7.51. The normalized spacial score (nSPS) is 22.6. The first-order valence-electron chi connectivity index (χ1n) is 9.81. The van der Waals surface area contributed by atoms with Crippen LogP contribution in [-0.2, 0) is 26.5 Å². The number of hydrogen-bond acceptors (Lipinski definition) is 5. The van der Waals surface area contributed by atoms with E-state index in [1.54, 1.807) is 4.98 Å². The number of benzene rings is 1. The molecule has 3 heterocycles. The van der Waals surface area contributed by atoms with E-state index < -0.39 is 57.4 Å². The topological polar surface area (TPSA) is 101 Å². The minimum Gasteiger partial charge on any atom is -0.374 e. The van der Waals surface area contributed by atoms with Crippen LogP contribution >= 0.6 is 0 Å². The molecular formula is C20H17F6N3O4S. The predicted molar refractivity (Wildman–Crippen MR) is 107 cm³/mol. The second-order valence-electron chi connectivity index (χ2n) is 8.21. The van der Waals surface area contributed by atoms with Gasteiger partial charge in [0.1, 0.15) is 5.69 Å². The van der Waals surface area contributed by atoms with Crippen molar-refractivity contribution in [3.05, 3.63) is 58.4 Å². The van der Waals surface area contributed by atoms with E-state index >= 15 is 0 Å². The highest BCUT2D eigenvalue weighted by Crippen LogP contribution is 2.49. The number of aromatic amines is 1. The molecule has 1 amide bonds. The van der Waals surface area contributed by atoms with Gasteiger partial charge in [-0.2, -0.15) is 26.3 Å². The van der Waals surface area contributed by atoms with Gasteiger partial charge in [-0.3, -0.25) is 4.79 Å². The van der Waals surface area contributed by atoms with Gasteiger partial charge in [0.15, 0.2) is 9.84 Å². The molecule has 1 unspecified atom stereocenters. The van der Waals surface area contributed by atoms with Crippen molar-refractivity contribution in [2.45, 2.75) is 37.3 Å². The highest BCUT2D eigenvalue weighted by molar-refractivity contribution is 7.92. The van der Waals surface area contributed by atoms with Crippen molar-refractivity contribution in [3.63, 3.8) is 0 Å². The molecule has 2 aromatic rings. The van der Waals surface area contributed by atoms with Gasteiger partial charge in [0.05, 0.1) is 29.7 Å². The zero-order valence-electron chi connectivity index (χ0n) is 17.3. The van der Waals surface area contributed by atoms with Crippen LogP contribution in [0.15, 0.2) is 35.6 Å². The summed E-state index contributed by atoms with van der Waals surface area (Å²) in [4.78, 5) is 18.9. The van der Waals surface area contributed by atoms with E-state index in [2.05, 4.69) is 10.5 Å². The molecule has 0 saturated carbocycles. The van der Waals surface area contributed by atoms with Crippen molar-refractivity contribution < 1.29 is 44.4 Å². The largest absolute Gasteiger partial charge is 0.435 e. The Morgan fingerprint density at radius 1 is 1.18 bits per heavy atom. The Hall–Kier alpha value is -3.03. The number of nitrogens with one attached hydrogen (secondary N) is 2. The molecule has 14 heteroatoms. The molecule has 184 valence electrons. The maximum atomic E-state index is 14.0. The highest BCUT2D eigenvalue weighted by atomic mass is 32.2. The van der Waals surface area contributed by atoms with Gasteiger partial charge in [0, 0.05) is 17.3 Å². The number of halogens is 6. The molecule has 0 aliphatic carbocycles. The minimum absolute atomic E-state index is 0.160. The molecule has 0 radical (unpaired) electrons. The highest BCUT2D eigenvalue weighted by Gasteiger charge is 2.63. The number of H-pyrrole nitrogens is 1. The second-order valence-corrected chi connectivity index (χ2v) is 10.4. The molecular weight excluding hydrogens is 492 g/mol. The molecule has 4 rings (SSSR count). The van der Waals surface area contributed by atoms with Gasteiger partial charge in [-0.1, -0.05) is 11.2 Å². The number of carbonyl (C=O) groups excluding carboxylic acids is 1. The third kappa shape index (κ3) is 4.26. The summed E-state index contributed by atoms with van der Waals surface area (Å²) in [7, 11) is -3.14. The fourth-order valence-electron chi connectivity index (χ4n) is 3.86. The van der Waals surface area contributed by atoms with Crippen LogP contribution in [-0.4, -0.2) is 48.7 Å². The van der Waals surface area contributed by atoms with Crippen LogP contribution in [0.2, 0.25) is 0 Å². The first-order chi connectivity index (χ1) is 15.6. The molecule has 1 aromatic heterocycles. The second kappa shape index (κ2) is 7.75. The Kier molecular flexibility index (Phi) is 5.49. The zero-order valence-corrected chi connectivity index (χ0v) is 18.2. The van der Waals surface area contributed by atoms with Crippen LogP contribution in [0.1, 0.15) is 39.2 Å². The molecule has 2 aliphatic rings. The fourth-order valence-corrected chi connectivity index (χ4v) is 5.15. The molecule has 0 bridgehead atoms. The van der Waals surface area contributed by atoms with E-state index in [1.165, 1.54) is 25.1 Å². The molecule has 1 fully saturated rings. The van der Waals surface area contributed by atoms with Gasteiger partial charge in [-0.25, -0.2) is 8.42 Å². The molecule has 1 saturated heterocycles. The number of nitrogens with zero attached hydrogens (tertiary/aromatic N) is 1. The van der Waals surface area contributed by atoms with E-state index in [9.17, 15) is 39.6 Å². The van der Waals surface area contributed by atoms with Gasteiger partial charge in [-0.05, 0) is 36.2 Å². The number of aryl methyl sites for hydroxylation is 1. The van der Waals surface area contributed by atoms with Crippen molar-refractivity contribution in [1.29, 1.82) is 0 Å². The molecule has 1 aromatic carbocycles. The number of sulfone groups is 1. The maximum Gasteiger partial charge on any atom is 0.435 e.